The van der Waals surface area contributed by atoms with E-state index in [9.17, 15) is 9.59 Å². The minimum absolute atomic E-state index is 0. The van der Waals surface area contributed by atoms with Crippen molar-refractivity contribution in [3.8, 4) is 0 Å². The zero-order valence-corrected chi connectivity index (χ0v) is 11.8. The second-order valence-corrected chi connectivity index (χ2v) is 4.17. The van der Waals surface area contributed by atoms with Crippen molar-refractivity contribution in [1.82, 2.24) is 0 Å². The molecule has 8 heteroatoms. The molecule has 0 aromatic rings. The van der Waals surface area contributed by atoms with E-state index in [4.69, 9.17) is 28.0 Å². The number of carbonyl (C=O) groups is 2. The van der Waals surface area contributed by atoms with Gasteiger partial charge in [0.05, 0.1) is 11.1 Å². The highest BCUT2D eigenvalue weighted by Gasteiger charge is 2.17. The number of aliphatic hydroxyl groups excluding tert-OH is 1. The maximum atomic E-state index is 10.1. The Labute approximate surface area is 108 Å². The molecule has 0 bridgehead atoms. The van der Waals surface area contributed by atoms with Crippen LogP contribution in [0.2, 0.25) is 0 Å². The van der Waals surface area contributed by atoms with E-state index in [1.807, 2.05) is 0 Å². The van der Waals surface area contributed by atoms with Crippen LogP contribution in [0.25, 0.3) is 0 Å². The van der Waals surface area contributed by atoms with Gasteiger partial charge < -0.3 is 28.0 Å². The average molecular weight is 273 g/mol. The molecular formula is C9H25ClN4O3. The summed E-state index contributed by atoms with van der Waals surface area (Å²) in [6.07, 6.45) is 0. The molecule has 9 N–H and O–H groups in total. The van der Waals surface area contributed by atoms with E-state index in [1.54, 1.807) is 27.7 Å². The third kappa shape index (κ3) is 21.0. The number of carbonyl (C=O) groups excluding carboxylic acids is 2. The smallest absolute Gasteiger partial charge is 0.236 e. The van der Waals surface area contributed by atoms with E-state index in [0.717, 1.165) is 7.11 Å². The summed E-state index contributed by atoms with van der Waals surface area (Å²) in [5.41, 5.74) is 18.3. The van der Waals surface area contributed by atoms with E-state index in [0.29, 0.717) is 0 Å². The summed E-state index contributed by atoms with van der Waals surface area (Å²) in [4.78, 5) is 20.2. The normalized spacial score (nSPS) is 9.65. The summed E-state index contributed by atoms with van der Waals surface area (Å²) >= 11 is 0. The molecule has 0 unspecified atom stereocenters. The van der Waals surface area contributed by atoms with Gasteiger partial charge in [-0.1, -0.05) is 0 Å². The van der Waals surface area contributed by atoms with Gasteiger partial charge in [0.1, 0.15) is 0 Å². The molecule has 0 spiro atoms. The van der Waals surface area contributed by atoms with Crippen LogP contribution in [0.1, 0.15) is 27.7 Å². The fraction of sp³-hybridized carbons (Fsp3) is 0.778. The van der Waals surface area contributed by atoms with Crippen LogP contribution in [0.4, 0.5) is 0 Å². The molecule has 106 valence electrons. The van der Waals surface area contributed by atoms with E-state index >= 15 is 0 Å². The molecule has 0 aliphatic rings. The molecular weight excluding hydrogens is 248 g/mol. The highest BCUT2D eigenvalue weighted by Crippen LogP contribution is 1.91. The van der Waals surface area contributed by atoms with Crippen molar-refractivity contribution in [2.75, 3.05) is 7.11 Å². The molecule has 0 aromatic heterocycles. The van der Waals surface area contributed by atoms with Gasteiger partial charge in [0.2, 0.25) is 11.8 Å². The lowest BCUT2D eigenvalue weighted by Crippen LogP contribution is -2.46. The summed E-state index contributed by atoms with van der Waals surface area (Å²) in [6.45, 7) is 6.26. The lowest BCUT2D eigenvalue weighted by Gasteiger charge is -2.10. The molecule has 17 heavy (non-hydrogen) atoms. The van der Waals surface area contributed by atoms with Crippen LogP contribution in [0.15, 0.2) is 0 Å². The third-order valence-corrected chi connectivity index (χ3v) is 1.27. The minimum atomic E-state index is -0.861. The SMILES string of the molecule is CC(C)(N)C(N)=O.CC(C)(N)C(N)=O.CO.Cl. The molecule has 2 amide bonds. The highest BCUT2D eigenvalue weighted by molar-refractivity contribution is 5.85. The quantitative estimate of drug-likeness (QED) is 0.411. The molecule has 0 aliphatic heterocycles. The van der Waals surface area contributed by atoms with Crippen LogP contribution in [0.5, 0.6) is 0 Å². The Balaban J connectivity index is -0.0000000823. The van der Waals surface area contributed by atoms with Crippen LogP contribution < -0.4 is 22.9 Å². The van der Waals surface area contributed by atoms with Crippen molar-refractivity contribution in [3.63, 3.8) is 0 Å². The Morgan fingerprint density at radius 2 is 0.882 bits per heavy atom. The van der Waals surface area contributed by atoms with E-state index < -0.39 is 22.9 Å². The van der Waals surface area contributed by atoms with Gasteiger partial charge in [-0.3, -0.25) is 9.59 Å². The van der Waals surface area contributed by atoms with Gasteiger partial charge >= 0.3 is 0 Å². The number of primary amides is 2. The predicted octanol–water partition coefficient (Wildman–Crippen LogP) is -1.55. The number of hydrogen-bond donors (Lipinski definition) is 5. The van der Waals surface area contributed by atoms with Crippen LogP contribution >= 0.6 is 12.4 Å². The Bertz CT molecular complexity index is 197. The van der Waals surface area contributed by atoms with Gasteiger partial charge in [0.25, 0.3) is 0 Å². The molecule has 0 radical (unpaired) electrons. The van der Waals surface area contributed by atoms with Crippen molar-refractivity contribution in [3.05, 3.63) is 0 Å². The fourth-order valence-electron chi connectivity index (χ4n) is 0. The van der Waals surface area contributed by atoms with Gasteiger partial charge in [-0.15, -0.1) is 12.4 Å². The number of hydrogen-bond acceptors (Lipinski definition) is 5. The Kier molecular flexibility index (Phi) is 15.2. The molecule has 0 atom stereocenters. The molecule has 7 nitrogen and oxygen atoms in total. The molecule has 0 aromatic carbocycles. The molecule has 0 heterocycles. The zero-order valence-electron chi connectivity index (χ0n) is 11.0. The topological polar surface area (TPSA) is 158 Å². The summed E-state index contributed by atoms with van der Waals surface area (Å²) < 4.78 is 0. The standard InChI is InChI=1S/2C4H10N2O.CH4O.ClH/c2*1-4(2,6)3(5)7;1-2;/h2*6H2,1-2H3,(H2,5,7);2H,1H3;1H. The summed E-state index contributed by atoms with van der Waals surface area (Å²) in [5, 5.41) is 7.00. The van der Waals surface area contributed by atoms with E-state index in [-0.39, 0.29) is 12.4 Å². The fourth-order valence-corrected chi connectivity index (χ4v) is 0. The van der Waals surface area contributed by atoms with Crippen molar-refractivity contribution in [1.29, 1.82) is 0 Å². The Morgan fingerprint density at radius 3 is 0.882 bits per heavy atom. The highest BCUT2D eigenvalue weighted by atomic mass is 35.5. The van der Waals surface area contributed by atoms with Gasteiger partial charge in [-0.2, -0.15) is 0 Å². The second-order valence-electron chi connectivity index (χ2n) is 4.17. The molecule has 0 fully saturated rings. The first kappa shape index (κ1) is 25.1. The number of amides is 2. The molecule has 0 saturated carbocycles. The lowest BCUT2D eigenvalue weighted by molar-refractivity contribution is -0.122. The summed E-state index contributed by atoms with van der Waals surface area (Å²) in [5.74, 6) is -0.958. The number of nitrogens with two attached hydrogens (primary N) is 4. The molecule has 0 aliphatic carbocycles. The van der Waals surface area contributed by atoms with Gasteiger partial charge in [-0.25, -0.2) is 0 Å². The van der Waals surface area contributed by atoms with Crippen LogP contribution in [0.3, 0.4) is 0 Å². The molecule has 0 saturated heterocycles. The second kappa shape index (κ2) is 10.3. The Hall–Kier alpha value is -0.890. The van der Waals surface area contributed by atoms with Crippen molar-refractivity contribution in [2.24, 2.45) is 22.9 Å². The number of halogens is 1. The van der Waals surface area contributed by atoms with Crippen molar-refractivity contribution >= 4 is 24.2 Å². The maximum absolute atomic E-state index is 10.1. The average Bonchev–Trinajstić information content (AvgIpc) is 2.05. The van der Waals surface area contributed by atoms with E-state index in [1.165, 1.54) is 0 Å². The van der Waals surface area contributed by atoms with Gasteiger partial charge in [0, 0.05) is 7.11 Å². The van der Waals surface area contributed by atoms with Crippen LogP contribution in [-0.2, 0) is 9.59 Å². The summed E-state index contributed by atoms with van der Waals surface area (Å²) in [6, 6.07) is 0. The molecule has 0 rings (SSSR count). The third-order valence-electron chi connectivity index (χ3n) is 1.27. The zero-order chi connectivity index (χ0) is 14.2. The van der Waals surface area contributed by atoms with Gasteiger partial charge in [0.15, 0.2) is 0 Å². The van der Waals surface area contributed by atoms with Crippen molar-refractivity contribution < 1.29 is 14.7 Å². The Morgan fingerprint density at radius 1 is 0.824 bits per heavy atom. The van der Waals surface area contributed by atoms with Crippen LogP contribution in [0, 0.1) is 0 Å². The van der Waals surface area contributed by atoms with E-state index in [2.05, 4.69) is 0 Å². The largest absolute Gasteiger partial charge is 0.400 e. The minimum Gasteiger partial charge on any atom is -0.400 e. The number of rotatable bonds is 2. The first-order chi connectivity index (χ1) is 6.89. The number of aliphatic hydroxyl groups is 1. The van der Waals surface area contributed by atoms with Crippen molar-refractivity contribution in [2.45, 2.75) is 38.8 Å². The van der Waals surface area contributed by atoms with Crippen LogP contribution in [-0.4, -0.2) is 35.1 Å². The lowest BCUT2D eigenvalue weighted by atomic mass is 10.1. The first-order valence-electron chi connectivity index (χ1n) is 4.51. The monoisotopic (exact) mass is 272 g/mol. The maximum Gasteiger partial charge on any atom is 0.236 e. The first-order valence-corrected chi connectivity index (χ1v) is 4.51. The van der Waals surface area contributed by atoms with Gasteiger partial charge in [-0.05, 0) is 27.7 Å². The predicted molar refractivity (Wildman–Crippen MR) is 70.3 cm³/mol. The summed E-state index contributed by atoms with van der Waals surface area (Å²) in [7, 11) is 1.00.